The van der Waals surface area contributed by atoms with Crippen LogP contribution in [-0.2, 0) is 0 Å². The SMILES string of the molecule is c1ccc(SC[C@@]23CCC[C@@H]2C3)cc1. The fourth-order valence-corrected chi connectivity index (χ4v) is 4.14. The Morgan fingerprint density at radius 2 is 2.14 bits per heavy atom. The summed E-state index contributed by atoms with van der Waals surface area (Å²) >= 11 is 2.06. The molecule has 14 heavy (non-hydrogen) atoms. The molecule has 0 spiro atoms. The van der Waals surface area contributed by atoms with Crippen LogP contribution in [0.4, 0.5) is 0 Å². The van der Waals surface area contributed by atoms with E-state index < -0.39 is 0 Å². The zero-order valence-corrected chi connectivity index (χ0v) is 9.22. The smallest absolute Gasteiger partial charge is 0.00721 e. The van der Waals surface area contributed by atoms with E-state index in [1.807, 2.05) is 0 Å². The van der Waals surface area contributed by atoms with Crippen LogP contribution >= 0.6 is 11.8 Å². The first-order chi connectivity index (χ1) is 6.89. The third-order valence-electron chi connectivity index (χ3n) is 3.86. The highest BCUT2D eigenvalue weighted by atomic mass is 32.2. The van der Waals surface area contributed by atoms with Crippen LogP contribution in [0.25, 0.3) is 0 Å². The monoisotopic (exact) mass is 204 g/mol. The maximum atomic E-state index is 2.23. The van der Waals surface area contributed by atoms with Gasteiger partial charge in [0, 0.05) is 10.6 Å². The lowest BCUT2D eigenvalue weighted by Gasteiger charge is -2.10. The summed E-state index contributed by atoms with van der Waals surface area (Å²) in [5.41, 5.74) is 0.778. The first-order valence-electron chi connectivity index (χ1n) is 5.57. The summed E-state index contributed by atoms with van der Waals surface area (Å²) in [7, 11) is 0. The van der Waals surface area contributed by atoms with Gasteiger partial charge in [-0.3, -0.25) is 0 Å². The predicted octanol–water partition coefficient (Wildman–Crippen LogP) is 3.97. The van der Waals surface area contributed by atoms with Crippen LogP contribution in [0, 0.1) is 11.3 Å². The summed E-state index contributed by atoms with van der Waals surface area (Å²) in [4.78, 5) is 1.44. The minimum absolute atomic E-state index is 0.778. The van der Waals surface area contributed by atoms with Crippen molar-refractivity contribution in [1.82, 2.24) is 0 Å². The summed E-state index contributed by atoms with van der Waals surface area (Å²) in [6.07, 6.45) is 6.01. The lowest BCUT2D eigenvalue weighted by Crippen LogP contribution is -2.01. The Labute approximate surface area is 90.1 Å². The van der Waals surface area contributed by atoms with E-state index in [4.69, 9.17) is 0 Å². The van der Waals surface area contributed by atoms with Gasteiger partial charge in [0.05, 0.1) is 0 Å². The van der Waals surface area contributed by atoms with E-state index in [2.05, 4.69) is 42.1 Å². The van der Waals surface area contributed by atoms with Crippen molar-refractivity contribution in [3.8, 4) is 0 Å². The molecule has 0 aliphatic heterocycles. The average molecular weight is 204 g/mol. The van der Waals surface area contributed by atoms with Crippen LogP contribution in [0.2, 0.25) is 0 Å². The Balaban J connectivity index is 1.60. The molecule has 0 bridgehead atoms. The molecule has 3 rings (SSSR count). The Morgan fingerprint density at radius 1 is 1.29 bits per heavy atom. The van der Waals surface area contributed by atoms with E-state index in [0.717, 1.165) is 11.3 Å². The summed E-state index contributed by atoms with van der Waals surface area (Å²) in [5.74, 6) is 2.46. The molecule has 0 N–H and O–H groups in total. The lowest BCUT2D eigenvalue weighted by atomic mass is 10.1. The lowest BCUT2D eigenvalue weighted by molar-refractivity contribution is 0.558. The van der Waals surface area contributed by atoms with Crippen molar-refractivity contribution in [3.63, 3.8) is 0 Å². The highest BCUT2D eigenvalue weighted by Crippen LogP contribution is 2.65. The van der Waals surface area contributed by atoms with Crippen molar-refractivity contribution in [1.29, 1.82) is 0 Å². The standard InChI is InChI=1S/C13H16S/c1-2-6-12(7-3-1)14-10-13-8-4-5-11(13)9-13/h1-3,6-7,11H,4-5,8-10H2/t11-,13+/m1/s1. The average Bonchev–Trinajstić information content (AvgIpc) is 2.80. The molecule has 0 radical (unpaired) electrons. The second-order valence-electron chi connectivity index (χ2n) is 4.76. The Kier molecular flexibility index (Phi) is 2.09. The maximum absolute atomic E-state index is 2.23. The van der Waals surface area contributed by atoms with E-state index in [9.17, 15) is 0 Å². The van der Waals surface area contributed by atoms with Gasteiger partial charge in [-0.1, -0.05) is 24.6 Å². The highest BCUT2D eigenvalue weighted by molar-refractivity contribution is 7.99. The van der Waals surface area contributed by atoms with Crippen LogP contribution in [0.15, 0.2) is 35.2 Å². The van der Waals surface area contributed by atoms with Crippen molar-refractivity contribution in [2.24, 2.45) is 11.3 Å². The van der Waals surface area contributed by atoms with E-state index in [0.29, 0.717) is 0 Å². The molecule has 2 aliphatic rings. The zero-order valence-electron chi connectivity index (χ0n) is 8.41. The van der Waals surface area contributed by atoms with Gasteiger partial charge in [-0.25, -0.2) is 0 Å². The maximum Gasteiger partial charge on any atom is 0.00721 e. The molecule has 0 nitrogen and oxygen atoms in total. The largest absolute Gasteiger partial charge is 0.126 e. The van der Waals surface area contributed by atoms with Gasteiger partial charge in [0.15, 0.2) is 0 Å². The van der Waals surface area contributed by atoms with Gasteiger partial charge in [0.2, 0.25) is 0 Å². The number of rotatable bonds is 3. The van der Waals surface area contributed by atoms with E-state index >= 15 is 0 Å². The second kappa shape index (κ2) is 3.30. The molecule has 2 saturated carbocycles. The van der Waals surface area contributed by atoms with Crippen molar-refractivity contribution in [2.75, 3.05) is 5.75 Å². The van der Waals surface area contributed by atoms with Gasteiger partial charge in [0.1, 0.15) is 0 Å². The molecule has 0 heterocycles. The molecule has 0 saturated heterocycles. The molecular formula is C13H16S. The summed E-state index contributed by atoms with van der Waals surface area (Å²) in [5, 5.41) is 0. The molecule has 74 valence electrons. The summed E-state index contributed by atoms with van der Waals surface area (Å²) in [6, 6.07) is 10.8. The van der Waals surface area contributed by atoms with Crippen LogP contribution < -0.4 is 0 Å². The first-order valence-corrected chi connectivity index (χ1v) is 6.55. The van der Waals surface area contributed by atoms with Crippen LogP contribution in [0.3, 0.4) is 0 Å². The number of hydrogen-bond donors (Lipinski definition) is 0. The fourth-order valence-electron chi connectivity index (χ4n) is 2.84. The zero-order chi connectivity index (χ0) is 9.43. The number of hydrogen-bond acceptors (Lipinski definition) is 1. The van der Waals surface area contributed by atoms with Crippen LogP contribution in [0.1, 0.15) is 25.7 Å². The van der Waals surface area contributed by atoms with Crippen LogP contribution in [-0.4, -0.2) is 5.75 Å². The summed E-state index contributed by atoms with van der Waals surface area (Å²) in [6.45, 7) is 0. The van der Waals surface area contributed by atoms with Gasteiger partial charge >= 0.3 is 0 Å². The third-order valence-corrected chi connectivity index (χ3v) is 5.18. The fraction of sp³-hybridized carbons (Fsp3) is 0.538. The first kappa shape index (κ1) is 8.84. The van der Waals surface area contributed by atoms with Gasteiger partial charge in [-0.05, 0) is 42.7 Å². The van der Waals surface area contributed by atoms with Gasteiger partial charge in [0.25, 0.3) is 0 Å². The van der Waals surface area contributed by atoms with Crippen molar-refractivity contribution < 1.29 is 0 Å². The predicted molar refractivity (Wildman–Crippen MR) is 61.6 cm³/mol. The van der Waals surface area contributed by atoms with Gasteiger partial charge in [-0.2, -0.15) is 0 Å². The van der Waals surface area contributed by atoms with Gasteiger partial charge in [-0.15, -0.1) is 11.8 Å². The minimum atomic E-state index is 0.778. The highest BCUT2D eigenvalue weighted by Gasteiger charge is 2.56. The molecule has 1 aromatic carbocycles. The number of fused-ring (bicyclic) bond motifs is 1. The minimum Gasteiger partial charge on any atom is -0.126 e. The third kappa shape index (κ3) is 1.48. The molecule has 2 fully saturated rings. The molecule has 1 aromatic rings. The van der Waals surface area contributed by atoms with Gasteiger partial charge < -0.3 is 0 Å². The van der Waals surface area contributed by atoms with Crippen molar-refractivity contribution in [2.45, 2.75) is 30.6 Å². The Morgan fingerprint density at radius 3 is 2.79 bits per heavy atom. The Bertz CT molecular complexity index is 319. The van der Waals surface area contributed by atoms with Crippen LogP contribution in [0.5, 0.6) is 0 Å². The topological polar surface area (TPSA) is 0 Å². The molecule has 0 amide bonds. The van der Waals surface area contributed by atoms with E-state index in [-0.39, 0.29) is 0 Å². The molecular weight excluding hydrogens is 188 g/mol. The van der Waals surface area contributed by atoms with Crippen molar-refractivity contribution >= 4 is 11.8 Å². The molecule has 2 aliphatic carbocycles. The molecule has 2 atom stereocenters. The molecule has 0 aromatic heterocycles. The molecule has 1 heteroatoms. The van der Waals surface area contributed by atoms with E-state index in [1.165, 1.54) is 36.3 Å². The molecule has 0 unspecified atom stereocenters. The van der Waals surface area contributed by atoms with E-state index in [1.54, 1.807) is 0 Å². The number of thioether (sulfide) groups is 1. The number of benzene rings is 1. The normalized spacial score (nSPS) is 34.1. The quantitative estimate of drug-likeness (QED) is 0.671. The summed E-state index contributed by atoms with van der Waals surface area (Å²) < 4.78 is 0. The Hall–Kier alpha value is -0.430. The van der Waals surface area contributed by atoms with Crippen molar-refractivity contribution in [3.05, 3.63) is 30.3 Å². The second-order valence-corrected chi connectivity index (χ2v) is 5.81.